The smallest absolute Gasteiger partial charge is 0.191 e. The number of nitrogens with two attached hydrogens (primary N) is 1. The van der Waals surface area contributed by atoms with E-state index in [0.29, 0.717) is 6.54 Å². The van der Waals surface area contributed by atoms with Crippen molar-refractivity contribution in [2.45, 2.75) is 44.3 Å². The topological polar surface area (TPSA) is 69.6 Å². The third-order valence-electron chi connectivity index (χ3n) is 2.44. The van der Waals surface area contributed by atoms with Gasteiger partial charge in [-0.1, -0.05) is 18.7 Å². The van der Waals surface area contributed by atoms with Gasteiger partial charge in [-0.3, -0.25) is 0 Å². The van der Waals surface area contributed by atoms with Gasteiger partial charge >= 0.3 is 0 Å². The lowest BCUT2D eigenvalue weighted by Gasteiger charge is -2.06. The minimum absolute atomic E-state index is 0.438. The van der Waals surface area contributed by atoms with Crippen molar-refractivity contribution in [2.24, 2.45) is 5.73 Å². The van der Waals surface area contributed by atoms with E-state index in [4.69, 9.17) is 5.73 Å². The van der Waals surface area contributed by atoms with Gasteiger partial charge in [0.2, 0.25) is 0 Å². The molecule has 2 heterocycles. The molecule has 2 aromatic heterocycles. The third-order valence-corrected chi connectivity index (χ3v) is 4.55. The maximum atomic E-state index is 5.66. The van der Waals surface area contributed by atoms with Crippen molar-refractivity contribution in [3.8, 4) is 0 Å². The molecule has 0 aliphatic rings. The van der Waals surface area contributed by atoms with Gasteiger partial charge in [0.25, 0.3) is 0 Å². The Morgan fingerprint density at radius 2 is 2.28 bits per heavy atom. The van der Waals surface area contributed by atoms with Gasteiger partial charge in [-0.2, -0.15) is 0 Å². The van der Waals surface area contributed by atoms with Gasteiger partial charge < -0.3 is 10.3 Å². The van der Waals surface area contributed by atoms with Crippen molar-refractivity contribution in [1.82, 2.24) is 19.7 Å². The van der Waals surface area contributed by atoms with E-state index in [1.54, 1.807) is 23.1 Å². The zero-order valence-electron chi connectivity index (χ0n) is 10.6. The molecular formula is C11H17N5S2. The molecule has 0 saturated carbocycles. The van der Waals surface area contributed by atoms with E-state index < -0.39 is 0 Å². The highest BCUT2D eigenvalue weighted by Crippen LogP contribution is 2.25. The van der Waals surface area contributed by atoms with Crippen LogP contribution in [-0.2, 0) is 18.8 Å². The highest BCUT2D eigenvalue weighted by atomic mass is 32.2. The lowest BCUT2D eigenvalue weighted by Crippen LogP contribution is -2.09. The fourth-order valence-corrected chi connectivity index (χ4v) is 3.43. The van der Waals surface area contributed by atoms with E-state index in [1.165, 1.54) is 4.88 Å². The van der Waals surface area contributed by atoms with Gasteiger partial charge in [0, 0.05) is 23.4 Å². The minimum atomic E-state index is 0.438. The largest absolute Gasteiger partial charge is 0.324 e. The van der Waals surface area contributed by atoms with Gasteiger partial charge in [-0.25, -0.2) is 4.98 Å². The zero-order valence-corrected chi connectivity index (χ0v) is 12.2. The van der Waals surface area contributed by atoms with E-state index in [0.717, 1.165) is 34.7 Å². The van der Waals surface area contributed by atoms with Gasteiger partial charge in [0.1, 0.15) is 5.82 Å². The number of aromatic nitrogens is 4. The molecule has 2 rings (SSSR count). The summed E-state index contributed by atoms with van der Waals surface area (Å²) in [5.74, 6) is 1.75. The molecular weight excluding hydrogens is 266 g/mol. The molecule has 2 aromatic rings. The van der Waals surface area contributed by atoms with E-state index in [9.17, 15) is 0 Å². The fourth-order valence-electron chi connectivity index (χ4n) is 1.63. The Labute approximate surface area is 115 Å². The Bertz CT molecular complexity index is 505. The van der Waals surface area contributed by atoms with Crippen LogP contribution in [0.1, 0.15) is 29.1 Å². The molecule has 0 aromatic carbocycles. The highest BCUT2D eigenvalue weighted by Gasteiger charge is 2.11. The molecule has 0 saturated heterocycles. The summed E-state index contributed by atoms with van der Waals surface area (Å²) in [6.07, 6.45) is 2.98. The maximum absolute atomic E-state index is 5.66. The van der Waals surface area contributed by atoms with Crippen LogP contribution < -0.4 is 5.73 Å². The number of thioether (sulfide) groups is 1. The van der Waals surface area contributed by atoms with Crippen LogP contribution in [0.4, 0.5) is 0 Å². The fraction of sp³-hybridized carbons (Fsp3) is 0.545. The lowest BCUT2D eigenvalue weighted by molar-refractivity contribution is 0.592. The summed E-state index contributed by atoms with van der Waals surface area (Å²) in [5, 5.41) is 10.4. The number of rotatable bonds is 6. The van der Waals surface area contributed by atoms with Crippen molar-refractivity contribution in [2.75, 3.05) is 0 Å². The van der Waals surface area contributed by atoms with Crippen LogP contribution >= 0.6 is 23.1 Å². The van der Waals surface area contributed by atoms with Crippen molar-refractivity contribution in [1.29, 1.82) is 0 Å². The number of thiazole rings is 1. The summed E-state index contributed by atoms with van der Waals surface area (Å²) in [4.78, 5) is 5.51. The Morgan fingerprint density at radius 3 is 2.89 bits per heavy atom. The summed E-state index contributed by atoms with van der Waals surface area (Å²) in [6, 6.07) is 0. The van der Waals surface area contributed by atoms with Gasteiger partial charge in [0.15, 0.2) is 5.16 Å². The van der Waals surface area contributed by atoms with Crippen LogP contribution in [0, 0.1) is 6.92 Å². The number of hydrogen-bond acceptors (Lipinski definition) is 6. The highest BCUT2D eigenvalue weighted by molar-refractivity contribution is 7.98. The second-order valence-corrected chi connectivity index (χ2v) is 6.15. The third kappa shape index (κ3) is 3.09. The number of aryl methyl sites for hydroxylation is 1. The first-order valence-corrected chi connectivity index (χ1v) is 7.71. The normalized spacial score (nSPS) is 11.1. The van der Waals surface area contributed by atoms with Crippen molar-refractivity contribution in [3.63, 3.8) is 0 Å². The standard InChI is InChI=1S/C11H17N5S2/c1-3-4-16-10(5-12)14-15-11(16)17-7-9-6-13-8(2)18-9/h6H,3-5,7,12H2,1-2H3. The van der Waals surface area contributed by atoms with Crippen LogP contribution in [0.2, 0.25) is 0 Å². The number of hydrogen-bond donors (Lipinski definition) is 1. The van der Waals surface area contributed by atoms with Gasteiger partial charge in [-0.15, -0.1) is 21.5 Å². The van der Waals surface area contributed by atoms with Crippen LogP contribution in [0.15, 0.2) is 11.4 Å². The van der Waals surface area contributed by atoms with E-state index in [1.807, 2.05) is 13.1 Å². The molecule has 7 heteroatoms. The van der Waals surface area contributed by atoms with Gasteiger partial charge in [0.05, 0.1) is 11.6 Å². The minimum Gasteiger partial charge on any atom is -0.324 e. The molecule has 0 amide bonds. The Morgan fingerprint density at radius 1 is 1.44 bits per heavy atom. The summed E-state index contributed by atoms with van der Waals surface area (Å²) in [7, 11) is 0. The molecule has 0 unspecified atom stereocenters. The molecule has 0 aliphatic heterocycles. The average Bonchev–Trinajstić information content (AvgIpc) is 2.94. The zero-order chi connectivity index (χ0) is 13.0. The Balaban J connectivity index is 2.06. The molecule has 18 heavy (non-hydrogen) atoms. The molecule has 0 atom stereocenters. The lowest BCUT2D eigenvalue weighted by atomic mass is 10.4. The van der Waals surface area contributed by atoms with Crippen LogP contribution in [-0.4, -0.2) is 19.7 Å². The first-order chi connectivity index (χ1) is 8.74. The van der Waals surface area contributed by atoms with E-state index in [-0.39, 0.29) is 0 Å². The van der Waals surface area contributed by atoms with Gasteiger partial charge in [-0.05, 0) is 13.3 Å². The van der Waals surface area contributed by atoms with Crippen molar-refractivity contribution in [3.05, 3.63) is 21.9 Å². The molecule has 98 valence electrons. The quantitative estimate of drug-likeness (QED) is 0.823. The molecule has 0 aliphatic carbocycles. The van der Waals surface area contributed by atoms with Crippen LogP contribution in [0.3, 0.4) is 0 Å². The second-order valence-electron chi connectivity index (χ2n) is 3.89. The Hall–Kier alpha value is -0.920. The van der Waals surface area contributed by atoms with Crippen molar-refractivity contribution >= 4 is 23.1 Å². The molecule has 0 spiro atoms. The monoisotopic (exact) mass is 283 g/mol. The summed E-state index contributed by atoms with van der Waals surface area (Å²) < 4.78 is 2.11. The predicted octanol–water partition coefficient (Wildman–Crippen LogP) is 2.20. The summed E-state index contributed by atoms with van der Waals surface area (Å²) in [5.41, 5.74) is 5.66. The average molecular weight is 283 g/mol. The molecule has 2 N–H and O–H groups in total. The SMILES string of the molecule is CCCn1c(CN)nnc1SCc1cnc(C)s1. The molecule has 0 fully saturated rings. The molecule has 5 nitrogen and oxygen atoms in total. The predicted molar refractivity (Wildman–Crippen MR) is 74.6 cm³/mol. The summed E-state index contributed by atoms with van der Waals surface area (Å²) >= 11 is 3.42. The Kier molecular flexibility index (Phi) is 4.73. The molecule has 0 bridgehead atoms. The number of nitrogens with zero attached hydrogens (tertiary/aromatic N) is 4. The first kappa shape index (κ1) is 13.5. The van der Waals surface area contributed by atoms with Crippen molar-refractivity contribution < 1.29 is 0 Å². The summed E-state index contributed by atoms with van der Waals surface area (Å²) in [6.45, 7) is 5.52. The maximum Gasteiger partial charge on any atom is 0.191 e. The molecule has 0 radical (unpaired) electrons. The van der Waals surface area contributed by atoms with E-state index >= 15 is 0 Å². The first-order valence-electron chi connectivity index (χ1n) is 5.90. The van der Waals surface area contributed by atoms with Crippen LogP contribution in [0.25, 0.3) is 0 Å². The van der Waals surface area contributed by atoms with E-state index in [2.05, 4.69) is 26.7 Å². The second kappa shape index (κ2) is 6.31. The van der Waals surface area contributed by atoms with Crippen LogP contribution in [0.5, 0.6) is 0 Å².